The van der Waals surface area contributed by atoms with Gasteiger partial charge in [0.1, 0.15) is 19.8 Å². The molecule has 2 aliphatic heterocycles. The highest BCUT2D eigenvalue weighted by atomic mass is 19.4. The van der Waals surface area contributed by atoms with E-state index in [9.17, 15) is 18.0 Å². The summed E-state index contributed by atoms with van der Waals surface area (Å²) in [5, 5.41) is 1.98. The number of alkyl halides is 3. The summed E-state index contributed by atoms with van der Waals surface area (Å²) in [5.74, 6) is 0.743. The van der Waals surface area contributed by atoms with Crippen LogP contribution in [0.4, 0.5) is 13.2 Å². The first-order valence-corrected chi connectivity index (χ1v) is 7.90. The number of nitrogens with zero attached hydrogens (tertiary/aromatic N) is 1. The highest BCUT2D eigenvalue weighted by Gasteiger charge is 2.34. The van der Waals surface area contributed by atoms with Gasteiger partial charge in [-0.2, -0.15) is 13.2 Å². The number of para-hydroxylation sites is 1. The van der Waals surface area contributed by atoms with Gasteiger partial charge in [-0.15, -0.1) is 0 Å². The van der Waals surface area contributed by atoms with Crippen molar-refractivity contribution in [2.75, 3.05) is 26.3 Å². The van der Waals surface area contributed by atoms with Crippen molar-refractivity contribution in [3.05, 3.63) is 23.8 Å². The number of hydrogen-bond acceptors (Lipinski definition) is 4. The summed E-state index contributed by atoms with van der Waals surface area (Å²) < 4.78 is 48.0. The van der Waals surface area contributed by atoms with E-state index in [0.717, 1.165) is 12.0 Å². The van der Waals surface area contributed by atoms with Crippen molar-refractivity contribution in [3.8, 4) is 11.5 Å². The Hall–Kier alpha value is -1.96. The van der Waals surface area contributed by atoms with Crippen LogP contribution in [-0.4, -0.2) is 49.3 Å². The van der Waals surface area contributed by atoms with Crippen LogP contribution in [0.3, 0.4) is 0 Å². The summed E-state index contributed by atoms with van der Waals surface area (Å²) in [5.41, 5.74) is 0.878. The van der Waals surface area contributed by atoms with E-state index < -0.39 is 24.7 Å². The molecule has 1 aromatic rings. The molecule has 2 aliphatic rings. The molecule has 0 aromatic heterocycles. The van der Waals surface area contributed by atoms with Crippen LogP contribution in [0.2, 0.25) is 0 Å². The van der Waals surface area contributed by atoms with Crippen molar-refractivity contribution in [1.82, 2.24) is 10.2 Å². The van der Waals surface area contributed by atoms with Gasteiger partial charge in [-0.1, -0.05) is 12.1 Å². The minimum absolute atomic E-state index is 0.441. The first-order chi connectivity index (χ1) is 11.4. The Morgan fingerprint density at radius 3 is 2.88 bits per heavy atom. The first-order valence-electron chi connectivity index (χ1n) is 7.90. The average Bonchev–Trinajstić information content (AvgIpc) is 3.00. The van der Waals surface area contributed by atoms with Gasteiger partial charge in [0.15, 0.2) is 11.5 Å². The van der Waals surface area contributed by atoms with Gasteiger partial charge in [-0.25, -0.2) is 0 Å². The highest BCUT2D eigenvalue weighted by molar-refractivity contribution is 5.82. The highest BCUT2D eigenvalue weighted by Crippen LogP contribution is 2.35. The van der Waals surface area contributed by atoms with Crippen molar-refractivity contribution in [2.45, 2.75) is 31.6 Å². The molecule has 1 fully saturated rings. The Bertz CT molecular complexity index is 607. The number of ether oxygens (including phenoxy) is 2. The number of benzene rings is 1. The fourth-order valence-electron chi connectivity index (χ4n) is 3.09. The van der Waals surface area contributed by atoms with E-state index in [4.69, 9.17) is 9.47 Å². The van der Waals surface area contributed by atoms with E-state index in [2.05, 4.69) is 0 Å². The first kappa shape index (κ1) is 16.9. The molecule has 24 heavy (non-hydrogen) atoms. The zero-order valence-electron chi connectivity index (χ0n) is 13.1. The molecule has 0 bridgehead atoms. The van der Waals surface area contributed by atoms with Crippen molar-refractivity contribution < 1.29 is 27.4 Å². The number of rotatable bonds is 4. The van der Waals surface area contributed by atoms with Crippen molar-refractivity contribution >= 4 is 5.91 Å². The van der Waals surface area contributed by atoms with Gasteiger partial charge >= 0.3 is 6.18 Å². The van der Waals surface area contributed by atoms with Gasteiger partial charge < -0.3 is 14.8 Å². The molecule has 5 nitrogen and oxygen atoms in total. The lowest BCUT2D eigenvalue weighted by molar-refractivity contribution is -0.141. The SMILES string of the molecule is O=C(NCC(F)(F)F)C1CCCN1Cc1cccc2c1OCCO2. The summed E-state index contributed by atoms with van der Waals surface area (Å²) in [6, 6.07) is 5.00. The Balaban J connectivity index is 1.67. The van der Waals surface area contributed by atoms with Crippen LogP contribution < -0.4 is 14.8 Å². The van der Waals surface area contributed by atoms with Crippen molar-refractivity contribution in [1.29, 1.82) is 0 Å². The molecule has 0 radical (unpaired) electrons. The second kappa shape index (κ2) is 6.88. The second-order valence-electron chi connectivity index (χ2n) is 5.90. The molecule has 3 rings (SSSR count). The molecule has 0 spiro atoms. The molecule has 1 aromatic carbocycles. The van der Waals surface area contributed by atoms with Gasteiger partial charge in [0, 0.05) is 12.1 Å². The third kappa shape index (κ3) is 3.92. The van der Waals surface area contributed by atoms with Crippen LogP contribution in [0.5, 0.6) is 11.5 Å². The third-order valence-corrected chi connectivity index (χ3v) is 4.15. The summed E-state index contributed by atoms with van der Waals surface area (Å²) in [7, 11) is 0. The van der Waals surface area contributed by atoms with E-state index in [1.54, 1.807) is 0 Å². The Labute approximate surface area is 137 Å². The van der Waals surface area contributed by atoms with E-state index in [1.807, 2.05) is 28.4 Å². The largest absolute Gasteiger partial charge is 0.486 e. The number of hydrogen-bond donors (Lipinski definition) is 1. The number of nitrogens with one attached hydrogen (secondary N) is 1. The molecule has 0 saturated carbocycles. The molecular formula is C16H19F3N2O3. The fraction of sp³-hybridized carbons (Fsp3) is 0.562. The van der Waals surface area contributed by atoms with Crippen LogP contribution >= 0.6 is 0 Å². The van der Waals surface area contributed by atoms with E-state index in [0.29, 0.717) is 44.2 Å². The van der Waals surface area contributed by atoms with Gasteiger partial charge in [0.2, 0.25) is 5.91 Å². The molecule has 2 heterocycles. The number of amides is 1. The monoisotopic (exact) mass is 344 g/mol. The number of carbonyl (C=O) groups excluding carboxylic acids is 1. The molecule has 1 saturated heterocycles. The molecule has 1 unspecified atom stereocenters. The number of carbonyl (C=O) groups is 1. The molecule has 1 N–H and O–H groups in total. The fourth-order valence-corrected chi connectivity index (χ4v) is 3.09. The van der Waals surface area contributed by atoms with Gasteiger partial charge in [-0.05, 0) is 25.5 Å². The standard InChI is InChI=1S/C16H19F3N2O3/c17-16(18,19)10-20-15(22)12-4-2-6-21(12)9-11-3-1-5-13-14(11)24-8-7-23-13/h1,3,5,12H,2,4,6-10H2,(H,20,22). The van der Waals surface area contributed by atoms with E-state index in [1.165, 1.54) is 0 Å². The summed E-state index contributed by atoms with van der Waals surface area (Å²) in [4.78, 5) is 14.0. The quantitative estimate of drug-likeness (QED) is 0.909. The number of likely N-dealkylation sites (tertiary alicyclic amines) is 1. The minimum Gasteiger partial charge on any atom is -0.486 e. The maximum atomic E-state index is 12.3. The molecule has 132 valence electrons. The summed E-state index contributed by atoms with van der Waals surface area (Å²) in [6.45, 7) is 0.751. The Morgan fingerprint density at radius 2 is 2.08 bits per heavy atom. The minimum atomic E-state index is -4.40. The number of halogens is 3. The maximum absolute atomic E-state index is 12.3. The topological polar surface area (TPSA) is 50.8 Å². The third-order valence-electron chi connectivity index (χ3n) is 4.15. The average molecular weight is 344 g/mol. The van der Waals surface area contributed by atoms with E-state index >= 15 is 0 Å². The van der Waals surface area contributed by atoms with E-state index in [-0.39, 0.29) is 0 Å². The normalized spacial score (nSPS) is 20.9. The predicted octanol–water partition coefficient (Wildman–Crippen LogP) is 2.10. The molecule has 8 heteroatoms. The van der Waals surface area contributed by atoms with Crippen molar-refractivity contribution in [2.24, 2.45) is 0 Å². The lowest BCUT2D eigenvalue weighted by Crippen LogP contribution is -2.45. The molecule has 0 aliphatic carbocycles. The van der Waals surface area contributed by atoms with Crippen LogP contribution in [-0.2, 0) is 11.3 Å². The Morgan fingerprint density at radius 1 is 1.29 bits per heavy atom. The smallest absolute Gasteiger partial charge is 0.405 e. The van der Waals surface area contributed by atoms with Gasteiger partial charge in [0.25, 0.3) is 0 Å². The lowest BCUT2D eigenvalue weighted by atomic mass is 10.1. The Kier molecular flexibility index (Phi) is 4.84. The van der Waals surface area contributed by atoms with Crippen LogP contribution in [0.25, 0.3) is 0 Å². The lowest BCUT2D eigenvalue weighted by Gasteiger charge is -2.26. The zero-order valence-corrected chi connectivity index (χ0v) is 13.1. The predicted molar refractivity (Wildman–Crippen MR) is 79.9 cm³/mol. The van der Waals surface area contributed by atoms with Crippen LogP contribution in [0.15, 0.2) is 18.2 Å². The molecule has 1 amide bonds. The van der Waals surface area contributed by atoms with Gasteiger partial charge in [-0.3, -0.25) is 9.69 Å². The molecular weight excluding hydrogens is 325 g/mol. The second-order valence-corrected chi connectivity index (χ2v) is 5.90. The van der Waals surface area contributed by atoms with Crippen LogP contribution in [0.1, 0.15) is 18.4 Å². The summed E-state index contributed by atoms with van der Waals surface area (Å²) >= 11 is 0. The number of fused-ring (bicyclic) bond motifs is 1. The maximum Gasteiger partial charge on any atom is 0.405 e. The van der Waals surface area contributed by atoms with Crippen molar-refractivity contribution in [3.63, 3.8) is 0 Å². The summed E-state index contributed by atoms with van der Waals surface area (Å²) in [6.07, 6.45) is -3.07. The molecule has 1 atom stereocenters. The zero-order chi connectivity index (χ0) is 17.2. The van der Waals surface area contributed by atoms with Gasteiger partial charge in [0.05, 0.1) is 6.04 Å². The van der Waals surface area contributed by atoms with Crippen LogP contribution in [0, 0.1) is 0 Å².